The summed E-state index contributed by atoms with van der Waals surface area (Å²) in [5.41, 5.74) is 3.73. The third-order valence-corrected chi connectivity index (χ3v) is 5.78. The molecule has 2 fully saturated rings. The number of thioether (sulfide) groups is 1. The predicted molar refractivity (Wildman–Crippen MR) is 108 cm³/mol. The number of ether oxygens (including phenoxy) is 1. The van der Waals surface area contributed by atoms with Crippen LogP contribution in [0.25, 0.3) is 0 Å². The molecule has 27 heavy (non-hydrogen) atoms. The number of hydrogen-bond donors (Lipinski definition) is 4. The number of primary amides is 1. The summed E-state index contributed by atoms with van der Waals surface area (Å²) in [5, 5.41) is 9.37. The first-order valence-corrected chi connectivity index (χ1v) is 10.6. The second-order valence-electron chi connectivity index (χ2n) is 7.74. The van der Waals surface area contributed by atoms with Gasteiger partial charge in [-0.1, -0.05) is 25.7 Å². The number of urea groups is 1. The van der Waals surface area contributed by atoms with Crippen LogP contribution in [0.2, 0.25) is 0 Å². The fraction of sp³-hybridized carbons (Fsp3) is 0.833. The van der Waals surface area contributed by atoms with Crippen molar-refractivity contribution < 1.29 is 19.1 Å². The van der Waals surface area contributed by atoms with E-state index in [1.807, 2.05) is 32.5 Å². The number of alkyl carbamates (subject to hydrolysis) is 1. The molecule has 8 nitrogen and oxygen atoms in total. The normalized spacial score (nSPS) is 23.4. The van der Waals surface area contributed by atoms with E-state index in [0.717, 1.165) is 18.6 Å². The van der Waals surface area contributed by atoms with E-state index in [0.29, 0.717) is 23.9 Å². The number of nitrogens with one attached hydrogen (secondary N) is 3. The zero-order chi connectivity index (χ0) is 20.3. The van der Waals surface area contributed by atoms with E-state index in [1.165, 1.54) is 25.7 Å². The molecule has 0 spiro atoms. The van der Waals surface area contributed by atoms with Crippen LogP contribution in [0.1, 0.15) is 59.3 Å². The highest BCUT2D eigenvalue weighted by Crippen LogP contribution is 2.33. The van der Waals surface area contributed by atoms with E-state index >= 15 is 0 Å². The second-order valence-corrected chi connectivity index (χ2v) is 9.02. The Kier molecular flexibility index (Phi) is 10.4. The van der Waals surface area contributed by atoms with Gasteiger partial charge < -0.3 is 26.4 Å². The van der Waals surface area contributed by atoms with Crippen LogP contribution in [0.5, 0.6) is 0 Å². The van der Waals surface area contributed by atoms with E-state index in [4.69, 9.17) is 9.53 Å². The summed E-state index contributed by atoms with van der Waals surface area (Å²) in [4.78, 5) is 31.4. The highest BCUT2D eigenvalue weighted by molar-refractivity contribution is 8.00. The molecule has 0 bridgehead atoms. The Bertz CT molecular complexity index is 484. The van der Waals surface area contributed by atoms with Crippen LogP contribution in [0.15, 0.2) is 0 Å². The maximum atomic E-state index is 11.5. The Hall–Kier alpha value is -1.64. The minimum Gasteiger partial charge on any atom is -0.444 e. The summed E-state index contributed by atoms with van der Waals surface area (Å²) in [7, 11) is 0. The summed E-state index contributed by atoms with van der Waals surface area (Å²) in [6.07, 6.45) is 6.80. The first-order chi connectivity index (χ1) is 12.8. The zero-order valence-corrected chi connectivity index (χ0v) is 17.4. The van der Waals surface area contributed by atoms with Crippen molar-refractivity contribution in [2.75, 3.05) is 12.3 Å². The third kappa shape index (κ3) is 9.74. The van der Waals surface area contributed by atoms with Crippen LogP contribution in [0.3, 0.4) is 0 Å². The lowest BCUT2D eigenvalue weighted by Crippen LogP contribution is -2.36. The standard InChI is InChI=1S/C17H31N3O3S.CH3NO/c1-17(2,3)23-16(22)18-10-8-6-4-5-7-9-13-14-12(11-24-13)19-15(21)20-14;2-1-3/h12-14H,4-11H2,1-3H3,(H,18,22)(H2,19,20,21);1H,(H2,2,3). The third-order valence-electron chi connectivity index (χ3n) is 4.27. The number of hydrogen-bond acceptors (Lipinski definition) is 5. The molecule has 0 aliphatic carbocycles. The lowest BCUT2D eigenvalue weighted by atomic mass is 10.0. The van der Waals surface area contributed by atoms with E-state index < -0.39 is 5.60 Å². The smallest absolute Gasteiger partial charge is 0.407 e. The van der Waals surface area contributed by atoms with Crippen molar-refractivity contribution in [3.8, 4) is 0 Å². The largest absolute Gasteiger partial charge is 0.444 e. The molecule has 0 saturated carbocycles. The van der Waals surface area contributed by atoms with Gasteiger partial charge >= 0.3 is 12.1 Å². The monoisotopic (exact) mass is 402 g/mol. The van der Waals surface area contributed by atoms with Gasteiger partial charge in [0, 0.05) is 17.5 Å². The van der Waals surface area contributed by atoms with Crippen molar-refractivity contribution in [3.63, 3.8) is 0 Å². The molecule has 0 aromatic rings. The molecule has 2 heterocycles. The lowest BCUT2D eigenvalue weighted by molar-refractivity contribution is -0.106. The summed E-state index contributed by atoms with van der Waals surface area (Å²) >= 11 is 1.98. The van der Waals surface area contributed by atoms with E-state index in [2.05, 4.69) is 21.7 Å². The van der Waals surface area contributed by atoms with Gasteiger partial charge in [0.1, 0.15) is 5.60 Å². The Morgan fingerprint density at radius 2 is 1.89 bits per heavy atom. The van der Waals surface area contributed by atoms with Gasteiger partial charge in [-0.3, -0.25) is 4.79 Å². The number of unbranched alkanes of at least 4 members (excludes halogenated alkanes) is 4. The lowest BCUT2D eigenvalue weighted by Gasteiger charge is -2.19. The van der Waals surface area contributed by atoms with Gasteiger partial charge in [-0.25, -0.2) is 9.59 Å². The van der Waals surface area contributed by atoms with E-state index in [1.54, 1.807) is 0 Å². The Morgan fingerprint density at radius 1 is 1.26 bits per heavy atom. The minimum absolute atomic E-state index is 0.00668. The molecule has 0 aromatic heterocycles. The molecule has 2 aliphatic heterocycles. The predicted octanol–water partition coefficient (Wildman–Crippen LogP) is 2.12. The Balaban J connectivity index is 0.00000114. The Morgan fingerprint density at radius 3 is 2.56 bits per heavy atom. The Labute approximate surface area is 166 Å². The summed E-state index contributed by atoms with van der Waals surface area (Å²) in [6, 6.07) is 0.639. The van der Waals surface area contributed by atoms with Gasteiger partial charge in [0.15, 0.2) is 0 Å². The number of carbonyl (C=O) groups excluding carboxylic acids is 3. The fourth-order valence-corrected chi connectivity index (χ4v) is 4.69. The van der Waals surface area contributed by atoms with Crippen molar-refractivity contribution in [1.29, 1.82) is 0 Å². The number of rotatable bonds is 8. The maximum absolute atomic E-state index is 11.5. The van der Waals surface area contributed by atoms with Crippen LogP contribution in [0, 0.1) is 0 Å². The topological polar surface area (TPSA) is 123 Å². The van der Waals surface area contributed by atoms with Gasteiger partial charge in [0.25, 0.3) is 0 Å². The molecule has 2 aliphatic rings. The number of carbonyl (C=O) groups is 3. The molecule has 156 valence electrons. The highest BCUT2D eigenvalue weighted by atomic mass is 32.2. The molecule has 2 saturated heterocycles. The average molecular weight is 403 g/mol. The minimum atomic E-state index is -0.435. The van der Waals surface area contributed by atoms with Gasteiger partial charge in [0.2, 0.25) is 6.41 Å². The summed E-state index contributed by atoms with van der Waals surface area (Å²) in [6.45, 7) is 6.27. The van der Waals surface area contributed by atoms with Crippen LogP contribution in [0.4, 0.5) is 9.59 Å². The fourth-order valence-electron chi connectivity index (χ4n) is 3.15. The first kappa shape index (κ1) is 23.4. The molecular formula is C18H34N4O4S. The summed E-state index contributed by atoms with van der Waals surface area (Å²) < 4.78 is 5.19. The number of fused-ring (bicyclic) bond motifs is 1. The molecule has 4 amide bonds. The molecule has 3 atom stereocenters. The van der Waals surface area contributed by atoms with Gasteiger partial charge in [0.05, 0.1) is 12.1 Å². The highest BCUT2D eigenvalue weighted by Gasteiger charge is 2.42. The van der Waals surface area contributed by atoms with Crippen molar-refractivity contribution in [1.82, 2.24) is 16.0 Å². The molecule has 2 rings (SSSR count). The number of amides is 4. The SMILES string of the molecule is CC(C)(C)OC(=O)NCCCCCCCC1SCC2NC(=O)NC21.NC=O. The molecule has 0 aromatic carbocycles. The zero-order valence-electron chi connectivity index (χ0n) is 16.6. The second kappa shape index (κ2) is 11.9. The molecule has 3 unspecified atom stereocenters. The van der Waals surface area contributed by atoms with Crippen LogP contribution in [-0.2, 0) is 9.53 Å². The van der Waals surface area contributed by atoms with Crippen molar-refractivity contribution in [3.05, 3.63) is 0 Å². The van der Waals surface area contributed by atoms with Crippen molar-refractivity contribution in [2.24, 2.45) is 5.73 Å². The van der Waals surface area contributed by atoms with Crippen molar-refractivity contribution in [2.45, 2.75) is 82.2 Å². The first-order valence-electron chi connectivity index (χ1n) is 9.57. The van der Waals surface area contributed by atoms with Crippen LogP contribution in [-0.4, -0.2) is 53.8 Å². The van der Waals surface area contributed by atoms with Gasteiger partial charge in [-0.2, -0.15) is 11.8 Å². The van der Waals surface area contributed by atoms with Crippen molar-refractivity contribution >= 4 is 30.3 Å². The van der Waals surface area contributed by atoms with E-state index in [9.17, 15) is 9.59 Å². The number of nitrogens with two attached hydrogens (primary N) is 1. The quantitative estimate of drug-likeness (QED) is 0.281. The average Bonchev–Trinajstić information content (AvgIpc) is 3.08. The van der Waals surface area contributed by atoms with Gasteiger partial charge in [-0.05, 0) is 33.6 Å². The van der Waals surface area contributed by atoms with E-state index in [-0.39, 0.29) is 18.5 Å². The molecular weight excluding hydrogens is 368 g/mol. The molecule has 9 heteroatoms. The van der Waals surface area contributed by atoms with Crippen LogP contribution < -0.4 is 21.7 Å². The summed E-state index contributed by atoms with van der Waals surface area (Å²) in [5.74, 6) is 1.03. The van der Waals surface area contributed by atoms with Crippen LogP contribution >= 0.6 is 11.8 Å². The maximum Gasteiger partial charge on any atom is 0.407 e. The molecule has 0 radical (unpaired) electrons. The molecule has 5 N–H and O–H groups in total. The van der Waals surface area contributed by atoms with Gasteiger partial charge in [-0.15, -0.1) is 0 Å².